The summed E-state index contributed by atoms with van der Waals surface area (Å²) >= 11 is 1.71. The number of aryl methyl sites for hydroxylation is 2. The molecule has 3 nitrogen and oxygen atoms in total. The summed E-state index contributed by atoms with van der Waals surface area (Å²) in [5.41, 5.74) is 0.780. The number of hydrogen-bond donors (Lipinski definition) is 0. The maximum Gasteiger partial charge on any atom is 0.133 e. The normalized spacial score (nSPS) is 12.8. The van der Waals surface area contributed by atoms with Crippen LogP contribution in [0.5, 0.6) is 0 Å². The van der Waals surface area contributed by atoms with Crippen molar-refractivity contribution >= 4 is 22.1 Å². The molecule has 0 amide bonds. The van der Waals surface area contributed by atoms with Gasteiger partial charge in [0.05, 0.1) is 11.4 Å². The van der Waals surface area contributed by atoms with Crippen molar-refractivity contribution in [3.05, 3.63) is 39.9 Å². The van der Waals surface area contributed by atoms with E-state index in [4.69, 9.17) is 4.52 Å². The Labute approximate surface area is 101 Å². The van der Waals surface area contributed by atoms with Crippen molar-refractivity contribution in [3.8, 4) is 0 Å². The molecule has 0 fully saturated rings. The van der Waals surface area contributed by atoms with Crippen molar-refractivity contribution in [2.75, 3.05) is 5.75 Å². The summed E-state index contributed by atoms with van der Waals surface area (Å²) < 4.78 is 16.7. The molecule has 0 bridgehead atoms. The minimum Gasteiger partial charge on any atom is -0.361 e. The summed E-state index contributed by atoms with van der Waals surface area (Å²) in [6.07, 6.45) is 0.876. The Hall–Kier alpha value is -0.940. The Bertz CT molecular complexity index is 462. The molecule has 0 aromatic carbocycles. The number of hydrogen-bond acceptors (Lipinski definition) is 4. The van der Waals surface area contributed by atoms with E-state index in [9.17, 15) is 4.21 Å². The Morgan fingerprint density at radius 2 is 2.44 bits per heavy atom. The zero-order valence-electron chi connectivity index (χ0n) is 9.01. The molecule has 0 N–H and O–H groups in total. The first-order chi connectivity index (χ1) is 7.74. The van der Waals surface area contributed by atoms with Gasteiger partial charge in [-0.25, -0.2) is 0 Å². The van der Waals surface area contributed by atoms with E-state index < -0.39 is 10.8 Å². The van der Waals surface area contributed by atoms with E-state index in [-0.39, 0.29) is 0 Å². The fourth-order valence-electron chi connectivity index (χ4n) is 1.39. The van der Waals surface area contributed by atoms with Gasteiger partial charge in [-0.05, 0) is 24.8 Å². The maximum atomic E-state index is 11.8. The van der Waals surface area contributed by atoms with Crippen LogP contribution in [0.15, 0.2) is 28.1 Å². The highest BCUT2D eigenvalue weighted by atomic mass is 32.2. The van der Waals surface area contributed by atoms with Crippen molar-refractivity contribution in [2.24, 2.45) is 0 Å². The van der Waals surface area contributed by atoms with Crippen molar-refractivity contribution < 1.29 is 8.73 Å². The van der Waals surface area contributed by atoms with Gasteiger partial charge in [0.15, 0.2) is 0 Å². The molecular formula is C11H13NO2S2. The van der Waals surface area contributed by atoms with Crippen LogP contribution in [0.3, 0.4) is 0 Å². The second-order valence-corrected chi connectivity index (χ2v) is 6.16. The molecule has 86 valence electrons. The summed E-state index contributed by atoms with van der Waals surface area (Å²) in [5, 5.41) is 5.88. The number of nitrogens with zero attached hydrogens (tertiary/aromatic N) is 1. The summed E-state index contributed by atoms with van der Waals surface area (Å²) in [4.78, 5) is 1.28. The van der Waals surface area contributed by atoms with Gasteiger partial charge in [-0.3, -0.25) is 4.21 Å². The van der Waals surface area contributed by atoms with Crippen LogP contribution >= 0.6 is 11.3 Å². The molecule has 0 aliphatic rings. The molecule has 0 aliphatic carbocycles. The summed E-state index contributed by atoms with van der Waals surface area (Å²) in [7, 11) is -0.858. The van der Waals surface area contributed by atoms with E-state index in [1.165, 1.54) is 4.88 Å². The predicted molar refractivity (Wildman–Crippen MR) is 66.0 cm³/mol. The first-order valence-electron chi connectivity index (χ1n) is 5.03. The highest BCUT2D eigenvalue weighted by Crippen LogP contribution is 2.11. The third kappa shape index (κ3) is 3.28. The molecule has 5 heteroatoms. The van der Waals surface area contributed by atoms with Gasteiger partial charge in [0.1, 0.15) is 5.76 Å². The maximum absolute atomic E-state index is 11.8. The van der Waals surface area contributed by atoms with E-state index in [2.05, 4.69) is 11.2 Å². The monoisotopic (exact) mass is 255 g/mol. The third-order valence-electron chi connectivity index (χ3n) is 2.14. The largest absolute Gasteiger partial charge is 0.361 e. The number of rotatable bonds is 5. The summed E-state index contributed by atoms with van der Waals surface area (Å²) in [6.45, 7) is 1.84. The lowest BCUT2D eigenvalue weighted by Crippen LogP contribution is -2.03. The minimum absolute atomic E-state index is 0.489. The number of thiophene rings is 1. The van der Waals surface area contributed by atoms with Gasteiger partial charge in [-0.2, -0.15) is 0 Å². The second kappa shape index (κ2) is 5.41. The first kappa shape index (κ1) is 11.5. The van der Waals surface area contributed by atoms with Crippen LogP contribution in [-0.2, 0) is 23.0 Å². The molecule has 0 radical (unpaired) electrons. The van der Waals surface area contributed by atoms with Crippen molar-refractivity contribution in [1.82, 2.24) is 5.16 Å². The standard InChI is InChI=1S/C11H13NO2S2/c1-9-7-10(12-14-9)8-16(13)6-4-11-3-2-5-15-11/h2-3,5,7H,4,6,8H2,1H3/t16-/m1/s1. The van der Waals surface area contributed by atoms with Crippen LogP contribution in [-0.4, -0.2) is 15.1 Å². The highest BCUT2D eigenvalue weighted by Gasteiger charge is 2.06. The van der Waals surface area contributed by atoms with E-state index in [1.807, 2.05) is 24.4 Å². The van der Waals surface area contributed by atoms with Crippen molar-refractivity contribution in [2.45, 2.75) is 19.1 Å². The lowest BCUT2D eigenvalue weighted by Gasteiger charge is -1.97. The van der Waals surface area contributed by atoms with E-state index >= 15 is 0 Å². The van der Waals surface area contributed by atoms with E-state index in [0.717, 1.165) is 17.9 Å². The lowest BCUT2D eigenvalue weighted by atomic mass is 10.4. The average Bonchev–Trinajstić information content (AvgIpc) is 2.87. The van der Waals surface area contributed by atoms with Crippen LogP contribution in [0.2, 0.25) is 0 Å². The zero-order chi connectivity index (χ0) is 11.4. The molecule has 0 spiro atoms. The van der Waals surface area contributed by atoms with Gasteiger partial charge >= 0.3 is 0 Å². The molecule has 0 aliphatic heterocycles. The van der Waals surface area contributed by atoms with Crippen molar-refractivity contribution in [3.63, 3.8) is 0 Å². The van der Waals surface area contributed by atoms with Gasteiger partial charge in [0, 0.05) is 27.5 Å². The molecule has 2 aromatic rings. The Morgan fingerprint density at radius 1 is 1.56 bits per heavy atom. The van der Waals surface area contributed by atoms with Crippen LogP contribution in [0.1, 0.15) is 16.3 Å². The molecule has 2 heterocycles. The van der Waals surface area contributed by atoms with Crippen LogP contribution in [0, 0.1) is 6.92 Å². The first-order valence-corrected chi connectivity index (χ1v) is 7.40. The average molecular weight is 255 g/mol. The zero-order valence-corrected chi connectivity index (χ0v) is 10.6. The smallest absolute Gasteiger partial charge is 0.133 e. The quantitative estimate of drug-likeness (QED) is 0.824. The summed E-state index contributed by atoms with van der Waals surface area (Å²) in [6, 6.07) is 5.93. The fourth-order valence-corrected chi connectivity index (χ4v) is 3.29. The third-order valence-corrected chi connectivity index (χ3v) is 4.36. The van der Waals surface area contributed by atoms with Gasteiger partial charge in [-0.1, -0.05) is 11.2 Å². The molecule has 2 aromatic heterocycles. The van der Waals surface area contributed by atoms with E-state index in [0.29, 0.717) is 11.5 Å². The van der Waals surface area contributed by atoms with Gasteiger partial charge in [0.25, 0.3) is 0 Å². The molecule has 1 atom stereocenters. The van der Waals surface area contributed by atoms with Crippen LogP contribution < -0.4 is 0 Å². The lowest BCUT2D eigenvalue weighted by molar-refractivity contribution is 0.392. The van der Waals surface area contributed by atoms with Crippen molar-refractivity contribution in [1.29, 1.82) is 0 Å². The topological polar surface area (TPSA) is 43.1 Å². The molecule has 0 saturated carbocycles. The molecule has 0 unspecified atom stereocenters. The Balaban J connectivity index is 1.81. The van der Waals surface area contributed by atoms with Crippen LogP contribution in [0.4, 0.5) is 0 Å². The van der Waals surface area contributed by atoms with Crippen LogP contribution in [0.25, 0.3) is 0 Å². The SMILES string of the molecule is Cc1cc(C[S@](=O)CCc2cccs2)no1. The van der Waals surface area contributed by atoms with E-state index in [1.54, 1.807) is 11.3 Å². The van der Waals surface area contributed by atoms with Gasteiger partial charge in [-0.15, -0.1) is 11.3 Å². The number of aromatic nitrogens is 1. The summed E-state index contributed by atoms with van der Waals surface area (Å²) in [5.74, 6) is 1.94. The molecule has 2 rings (SSSR count). The Kier molecular flexibility index (Phi) is 3.90. The van der Waals surface area contributed by atoms with Gasteiger partial charge < -0.3 is 4.52 Å². The second-order valence-electron chi connectivity index (χ2n) is 3.55. The Morgan fingerprint density at radius 3 is 3.06 bits per heavy atom. The highest BCUT2D eigenvalue weighted by molar-refractivity contribution is 7.84. The minimum atomic E-state index is -0.858. The molecule has 0 saturated heterocycles. The fraction of sp³-hybridized carbons (Fsp3) is 0.364. The molecular weight excluding hydrogens is 242 g/mol. The predicted octanol–water partition coefficient (Wildman–Crippen LogP) is 2.54. The molecule has 16 heavy (non-hydrogen) atoms. The van der Waals surface area contributed by atoms with Gasteiger partial charge in [0.2, 0.25) is 0 Å².